The quantitative estimate of drug-likeness (QED) is 0.218. The van der Waals surface area contributed by atoms with E-state index in [0.717, 1.165) is 50.4 Å². The molecule has 0 spiro atoms. The number of fused-ring (bicyclic) bond motifs is 6. The van der Waals surface area contributed by atoms with Gasteiger partial charge in [0.25, 0.3) is 0 Å². The molecule has 0 radical (unpaired) electrons. The molecule has 0 bridgehead atoms. The molecular formula is C39H25N3O. The molecule has 0 atom stereocenters. The molecule has 43 heavy (non-hydrogen) atoms. The minimum Gasteiger partial charge on any atom is -0.423 e. The van der Waals surface area contributed by atoms with Gasteiger partial charge in [0.15, 0.2) is 5.58 Å². The third-order valence-electron chi connectivity index (χ3n) is 8.36. The van der Waals surface area contributed by atoms with Crippen LogP contribution in [-0.2, 0) is 0 Å². The van der Waals surface area contributed by atoms with E-state index in [1.54, 1.807) is 0 Å². The van der Waals surface area contributed by atoms with Gasteiger partial charge in [-0.15, -0.1) is 0 Å². The minimum atomic E-state index is 0.584. The van der Waals surface area contributed by atoms with Crippen LogP contribution in [0.15, 0.2) is 156 Å². The number of benzene rings is 6. The Balaban J connectivity index is 1.33. The number of rotatable bonds is 4. The summed E-state index contributed by atoms with van der Waals surface area (Å²) in [5.74, 6) is 0.584. The van der Waals surface area contributed by atoms with Gasteiger partial charge in [0.2, 0.25) is 0 Å². The molecule has 6 aromatic carbocycles. The molecular weight excluding hydrogens is 526 g/mol. The predicted molar refractivity (Wildman–Crippen MR) is 176 cm³/mol. The van der Waals surface area contributed by atoms with Gasteiger partial charge in [-0.1, -0.05) is 109 Å². The van der Waals surface area contributed by atoms with Crippen LogP contribution >= 0.6 is 0 Å². The largest absolute Gasteiger partial charge is 0.423 e. The molecule has 0 N–H and O–H groups in total. The summed E-state index contributed by atoms with van der Waals surface area (Å²) in [6.07, 6.45) is 0. The Kier molecular flexibility index (Phi) is 5.16. The van der Waals surface area contributed by atoms with Crippen molar-refractivity contribution in [1.82, 2.24) is 14.0 Å². The summed E-state index contributed by atoms with van der Waals surface area (Å²) in [5.41, 5.74) is 11.6. The van der Waals surface area contributed by atoms with E-state index in [2.05, 4.69) is 148 Å². The Morgan fingerprint density at radius 1 is 0.465 bits per heavy atom. The lowest BCUT2D eigenvalue weighted by molar-refractivity contribution is 0.642. The molecule has 0 saturated heterocycles. The highest BCUT2D eigenvalue weighted by atomic mass is 16.4. The number of para-hydroxylation sites is 2. The van der Waals surface area contributed by atoms with Crippen molar-refractivity contribution in [2.45, 2.75) is 0 Å². The number of oxazole rings is 1. The lowest BCUT2D eigenvalue weighted by Crippen LogP contribution is -1.93. The van der Waals surface area contributed by atoms with Crippen molar-refractivity contribution in [2.75, 3.05) is 0 Å². The van der Waals surface area contributed by atoms with Gasteiger partial charge >= 0.3 is 5.84 Å². The van der Waals surface area contributed by atoms with E-state index in [1.807, 2.05) is 12.1 Å². The van der Waals surface area contributed by atoms with Crippen molar-refractivity contribution in [3.8, 4) is 39.3 Å². The minimum absolute atomic E-state index is 0.584. The average Bonchev–Trinajstić information content (AvgIpc) is 3.73. The van der Waals surface area contributed by atoms with Crippen LogP contribution in [0.2, 0.25) is 0 Å². The summed E-state index contributed by atoms with van der Waals surface area (Å²) in [7, 11) is 0. The van der Waals surface area contributed by atoms with E-state index in [4.69, 9.17) is 9.40 Å². The van der Waals surface area contributed by atoms with Crippen molar-refractivity contribution in [3.05, 3.63) is 152 Å². The maximum Gasteiger partial charge on any atom is 0.307 e. The maximum atomic E-state index is 6.45. The van der Waals surface area contributed by atoms with E-state index >= 15 is 0 Å². The highest BCUT2D eigenvalue weighted by Crippen LogP contribution is 2.40. The fraction of sp³-hybridized carbons (Fsp3) is 0. The Bertz CT molecular complexity index is 2430. The zero-order valence-electron chi connectivity index (χ0n) is 23.2. The lowest BCUT2D eigenvalue weighted by Gasteiger charge is -2.09. The van der Waals surface area contributed by atoms with Crippen LogP contribution in [-0.4, -0.2) is 14.0 Å². The Hall–Kier alpha value is -5.87. The fourth-order valence-electron chi connectivity index (χ4n) is 6.42. The maximum absolute atomic E-state index is 6.45. The van der Waals surface area contributed by atoms with Gasteiger partial charge in [-0.25, -0.2) is 0 Å². The third kappa shape index (κ3) is 3.67. The summed E-state index contributed by atoms with van der Waals surface area (Å²) in [6, 6.07) is 53.1. The average molecular weight is 552 g/mol. The molecule has 0 unspecified atom stereocenters. The summed E-state index contributed by atoms with van der Waals surface area (Å²) in [6.45, 7) is 0. The SMILES string of the molecule is c1ccc(-c2ccc3c(c2)oc2nc(-c4ccccc4)c(-c4ccc5c(c4)c4ccccc4n5-c4ccccc4)n23)cc1. The van der Waals surface area contributed by atoms with E-state index in [-0.39, 0.29) is 0 Å². The molecule has 4 heteroatoms. The van der Waals surface area contributed by atoms with Crippen molar-refractivity contribution >= 4 is 38.7 Å². The smallest absolute Gasteiger partial charge is 0.307 e. The molecule has 0 fully saturated rings. The van der Waals surface area contributed by atoms with Crippen LogP contribution in [0, 0.1) is 0 Å². The Morgan fingerprint density at radius 3 is 1.88 bits per heavy atom. The second-order valence-electron chi connectivity index (χ2n) is 10.9. The van der Waals surface area contributed by atoms with Gasteiger partial charge in [0.05, 0.1) is 22.2 Å². The number of hydrogen-bond acceptors (Lipinski definition) is 2. The van der Waals surface area contributed by atoms with Crippen LogP contribution in [0.1, 0.15) is 0 Å². The summed E-state index contributed by atoms with van der Waals surface area (Å²) >= 11 is 0. The van der Waals surface area contributed by atoms with Gasteiger partial charge in [-0.3, -0.25) is 4.40 Å². The molecule has 202 valence electrons. The van der Waals surface area contributed by atoms with Crippen LogP contribution in [0.25, 0.3) is 78.1 Å². The van der Waals surface area contributed by atoms with Crippen LogP contribution in [0.5, 0.6) is 0 Å². The van der Waals surface area contributed by atoms with Crippen LogP contribution < -0.4 is 0 Å². The standard InChI is InChI=1S/C39H25N3O/c1-4-12-26(13-5-1)28-20-23-35-36(25-28)43-39-40-37(27-14-6-2-7-15-27)38(42(35)39)29-21-22-34-32(24-29)31-18-10-11-19-33(31)41(34)30-16-8-3-9-17-30/h1-25H. The monoisotopic (exact) mass is 551 g/mol. The van der Waals surface area contributed by atoms with Gasteiger partial charge in [-0.2, -0.15) is 4.98 Å². The Morgan fingerprint density at radius 2 is 1.09 bits per heavy atom. The summed E-state index contributed by atoms with van der Waals surface area (Å²) in [4.78, 5) is 5.09. The zero-order valence-corrected chi connectivity index (χ0v) is 23.2. The van der Waals surface area contributed by atoms with Gasteiger partial charge in [-0.05, 0) is 53.6 Å². The first kappa shape index (κ1) is 23.8. The highest BCUT2D eigenvalue weighted by Gasteiger charge is 2.23. The van der Waals surface area contributed by atoms with E-state index in [0.29, 0.717) is 5.84 Å². The Labute approximate surface area is 247 Å². The molecule has 9 aromatic rings. The molecule has 4 nitrogen and oxygen atoms in total. The van der Waals surface area contributed by atoms with E-state index < -0.39 is 0 Å². The first-order chi connectivity index (χ1) is 21.3. The number of nitrogens with zero attached hydrogens (tertiary/aromatic N) is 3. The van der Waals surface area contributed by atoms with Crippen molar-refractivity contribution < 1.29 is 4.42 Å². The number of aromatic nitrogens is 3. The highest BCUT2D eigenvalue weighted by molar-refractivity contribution is 6.10. The van der Waals surface area contributed by atoms with E-state index in [9.17, 15) is 0 Å². The van der Waals surface area contributed by atoms with Gasteiger partial charge in [0, 0.05) is 27.6 Å². The zero-order chi connectivity index (χ0) is 28.3. The first-order valence-corrected chi connectivity index (χ1v) is 14.5. The van der Waals surface area contributed by atoms with Crippen molar-refractivity contribution in [2.24, 2.45) is 0 Å². The van der Waals surface area contributed by atoms with Crippen LogP contribution in [0.3, 0.4) is 0 Å². The summed E-state index contributed by atoms with van der Waals surface area (Å²) < 4.78 is 11.0. The molecule has 0 aliphatic rings. The second kappa shape index (κ2) is 9.33. The van der Waals surface area contributed by atoms with Crippen molar-refractivity contribution in [1.29, 1.82) is 0 Å². The lowest BCUT2D eigenvalue weighted by atomic mass is 10.0. The second-order valence-corrected chi connectivity index (χ2v) is 10.9. The molecule has 0 amide bonds. The molecule has 3 heterocycles. The van der Waals surface area contributed by atoms with Gasteiger partial charge in [0.1, 0.15) is 5.69 Å². The molecule has 3 aromatic heterocycles. The van der Waals surface area contributed by atoms with Crippen molar-refractivity contribution in [3.63, 3.8) is 0 Å². The normalized spacial score (nSPS) is 11.7. The number of hydrogen-bond donors (Lipinski definition) is 0. The number of imidazole rings is 1. The molecule has 0 saturated carbocycles. The first-order valence-electron chi connectivity index (χ1n) is 14.5. The predicted octanol–water partition coefficient (Wildman–Crippen LogP) is 10.2. The molecule has 9 rings (SSSR count). The fourth-order valence-corrected chi connectivity index (χ4v) is 6.42. The van der Waals surface area contributed by atoms with Crippen LogP contribution in [0.4, 0.5) is 0 Å². The molecule has 0 aliphatic carbocycles. The van der Waals surface area contributed by atoms with E-state index in [1.165, 1.54) is 21.8 Å². The topological polar surface area (TPSA) is 35.4 Å². The summed E-state index contributed by atoms with van der Waals surface area (Å²) in [5, 5.41) is 2.42. The van der Waals surface area contributed by atoms with Gasteiger partial charge < -0.3 is 8.98 Å². The third-order valence-corrected chi connectivity index (χ3v) is 8.36. The molecule has 0 aliphatic heterocycles.